The van der Waals surface area contributed by atoms with Crippen LogP contribution in [0.5, 0.6) is 0 Å². The molecule has 0 aromatic rings. The van der Waals surface area contributed by atoms with Crippen LogP contribution in [0.1, 0.15) is 0 Å². The number of phosphoric acid groups is 2. The van der Waals surface area contributed by atoms with E-state index in [4.69, 9.17) is 37.1 Å². The topological polar surface area (TPSA) is 205 Å². The van der Waals surface area contributed by atoms with Crippen molar-refractivity contribution in [1.82, 2.24) is 0 Å². The molecule has 16 heavy (non-hydrogen) atoms. The summed E-state index contributed by atoms with van der Waals surface area (Å²) in [6, 6.07) is 0. The van der Waals surface area contributed by atoms with Gasteiger partial charge in [0.15, 0.2) is 0 Å². The molecular formula is H4Na2O11P2S. The van der Waals surface area contributed by atoms with E-state index in [0.717, 1.165) is 0 Å². The molecular weight excluding hydrogens is 316 g/mol. The van der Waals surface area contributed by atoms with Crippen LogP contribution in [0.2, 0.25) is 0 Å². The van der Waals surface area contributed by atoms with Crippen molar-refractivity contribution in [3.8, 4) is 0 Å². The third-order valence-corrected chi connectivity index (χ3v) is 1.91. The molecule has 0 atom stereocenters. The van der Waals surface area contributed by atoms with Crippen LogP contribution in [-0.2, 0) is 23.8 Å². The van der Waals surface area contributed by atoms with Crippen LogP contribution in [0.3, 0.4) is 0 Å². The minimum Gasteiger partial charge on any atom is -0.759 e. The van der Waals surface area contributed by atoms with Crippen LogP contribution in [0.25, 0.3) is 0 Å². The van der Waals surface area contributed by atoms with Gasteiger partial charge in [-0.1, -0.05) is 0 Å². The van der Waals surface area contributed by atoms with Gasteiger partial charge in [-0.15, -0.1) is 0 Å². The molecule has 0 heterocycles. The second-order valence-corrected chi connectivity index (χ2v) is 4.90. The Morgan fingerprint density at radius 3 is 1.00 bits per heavy atom. The second-order valence-electron chi connectivity index (χ2n) is 1.47. The minimum absolute atomic E-state index is 0. The SMILES string of the molecule is O=P(O)(O)OP(=O)(O)O.O=S(=O)([O-])[O-].[Na+].[Na+]. The summed E-state index contributed by atoms with van der Waals surface area (Å²) in [7, 11) is -15.3. The largest absolute Gasteiger partial charge is 1.00 e. The van der Waals surface area contributed by atoms with Gasteiger partial charge in [-0.05, 0) is 0 Å². The van der Waals surface area contributed by atoms with Gasteiger partial charge < -0.3 is 28.7 Å². The van der Waals surface area contributed by atoms with Crippen LogP contribution in [0, 0.1) is 0 Å². The van der Waals surface area contributed by atoms with E-state index in [1.54, 1.807) is 0 Å². The van der Waals surface area contributed by atoms with E-state index in [-0.39, 0.29) is 59.1 Å². The Balaban J connectivity index is -0.0000000904. The standard InChI is InChI=1S/2Na.H4O7P2.H2O4S/c;;1-8(2,3)7-9(4,5)6;1-5(2,3)4/h;;(H2,1,2,3)(H2,4,5,6);(H2,1,2,3,4)/q2*+1;;/p-2. The Kier molecular flexibility index (Phi) is 16.6. The van der Waals surface area contributed by atoms with Crippen molar-refractivity contribution in [3.05, 3.63) is 0 Å². The fourth-order valence-electron chi connectivity index (χ4n) is 0.139. The van der Waals surface area contributed by atoms with Crippen molar-refractivity contribution < 1.29 is 110 Å². The van der Waals surface area contributed by atoms with Gasteiger partial charge in [-0.3, -0.25) is 8.42 Å². The van der Waals surface area contributed by atoms with E-state index in [9.17, 15) is 9.13 Å². The van der Waals surface area contributed by atoms with Crippen molar-refractivity contribution in [3.63, 3.8) is 0 Å². The van der Waals surface area contributed by atoms with Gasteiger partial charge in [0.25, 0.3) is 0 Å². The van der Waals surface area contributed by atoms with Crippen LogP contribution < -0.4 is 59.1 Å². The maximum Gasteiger partial charge on any atom is 1.00 e. The molecule has 0 aliphatic carbocycles. The minimum atomic E-state index is -5.17. The number of hydrogen-bond donors (Lipinski definition) is 4. The van der Waals surface area contributed by atoms with E-state index in [1.807, 2.05) is 0 Å². The van der Waals surface area contributed by atoms with Crippen LogP contribution in [-0.4, -0.2) is 37.1 Å². The zero-order chi connectivity index (χ0) is 12.2. The van der Waals surface area contributed by atoms with Gasteiger partial charge in [0, 0.05) is 10.4 Å². The first-order chi connectivity index (χ1) is 5.71. The number of rotatable bonds is 2. The second kappa shape index (κ2) is 9.98. The molecule has 0 amide bonds. The van der Waals surface area contributed by atoms with Gasteiger partial charge in [0.05, 0.1) is 0 Å². The van der Waals surface area contributed by atoms with E-state index >= 15 is 0 Å². The molecule has 0 aliphatic rings. The summed E-state index contributed by atoms with van der Waals surface area (Å²) in [5.41, 5.74) is 0. The van der Waals surface area contributed by atoms with Crippen LogP contribution in [0.15, 0.2) is 0 Å². The Labute approximate surface area is 134 Å². The molecule has 88 valence electrons. The molecule has 0 spiro atoms. The summed E-state index contributed by atoms with van der Waals surface area (Å²) < 4.78 is 56.3. The predicted molar refractivity (Wildman–Crippen MR) is 35.6 cm³/mol. The monoisotopic (exact) mass is 320 g/mol. The van der Waals surface area contributed by atoms with Crippen molar-refractivity contribution in [2.24, 2.45) is 0 Å². The van der Waals surface area contributed by atoms with Crippen LogP contribution in [0.4, 0.5) is 0 Å². The molecule has 0 unspecified atom stereocenters. The molecule has 0 aliphatic heterocycles. The van der Waals surface area contributed by atoms with Gasteiger partial charge in [0.2, 0.25) is 0 Å². The first-order valence-corrected chi connectivity index (χ1v) is 6.59. The summed E-state index contributed by atoms with van der Waals surface area (Å²) in [6.45, 7) is 0. The maximum absolute atomic E-state index is 9.63. The molecule has 0 radical (unpaired) electrons. The third kappa shape index (κ3) is 55.9. The molecule has 0 bridgehead atoms. The van der Waals surface area contributed by atoms with Crippen molar-refractivity contribution in [2.75, 3.05) is 0 Å². The molecule has 0 saturated carbocycles. The van der Waals surface area contributed by atoms with Gasteiger partial charge in [-0.25, -0.2) is 9.13 Å². The maximum atomic E-state index is 9.63. The first kappa shape index (κ1) is 26.6. The molecule has 0 rings (SSSR count). The predicted octanol–water partition coefficient (Wildman–Crippen LogP) is -8.14. The summed E-state index contributed by atoms with van der Waals surface area (Å²) >= 11 is 0. The molecule has 4 N–H and O–H groups in total. The zero-order valence-corrected chi connectivity index (χ0v) is 14.6. The Bertz CT molecular complexity index is 316. The smallest absolute Gasteiger partial charge is 0.759 e. The average molecular weight is 320 g/mol. The zero-order valence-electron chi connectivity index (χ0n) is 7.95. The van der Waals surface area contributed by atoms with Crippen molar-refractivity contribution in [1.29, 1.82) is 0 Å². The molecule has 0 fully saturated rings. The average Bonchev–Trinajstić information content (AvgIpc) is 1.42. The Morgan fingerprint density at radius 1 is 0.875 bits per heavy atom. The first-order valence-electron chi connectivity index (χ1n) is 2.20. The van der Waals surface area contributed by atoms with E-state index in [2.05, 4.69) is 4.31 Å². The molecule has 0 aromatic carbocycles. The quantitative estimate of drug-likeness (QED) is 0.163. The summed E-state index contributed by atoms with van der Waals surface area (Å²) in [5, 5.41) is 0. The number of hydrogen-bond acceptors (Lipinski definition) is 7. The van der Waals surface area contributed by atoms with Crippen molar-refractivity contribution >= 4 is 26.0 Å². The van der Waals surface area contributed by atoms with Gasteiger partial charge >= 0.3 is 74.8 Å². The fraction of sp³-hybridized carbons (Fsp3) is 0. The molecule has 0 aromatic heterocycles. The van der Waals surface area contributed by atoms with E-state index < -0.39 is 26.0 Å². The molecule has 16 heteroatoms. The third-order valence-electron chi connectivity index (χ3n) is 0.213. The summed E-state index contributed by atoms with van der Waals surface area (Å²) in [5.74, 6) is 0. The fourth-order valence-corrected chi connectivity index (χ4v) is 1.25. The molecule has 0 saturated heterocycles. The Hall–Kier alpha value is 2.13. The summed E-state index contributed by atoms with van der Waals surface area (Å²) in [4.78, 5) is 31.0. The summed E-state index contributed by atoms with van der Waals surface area (Å²) in [6.07, 6.45) is 0. The van der Waals surface area contributed by atoms with E-state index in [0.29, 0.717) is 0 Å². The van der Waals surface area contributed by atoms with Gasteiger partial charge in [0.1, 0.15) is 0 Å². The molecule has 11 nitrogen and oxygen atoms in total. The van der Waals surface area contributed by atoms with Crippen molar-refractivity contribution in [2.45, 2.75) is 0 Å². The van der Waals surface area contributed by atoms with Gasteiger partial charge in [-0.2, -0.15) is 4.31 Å². The Morgan fingerprint density at radius 2 is 1.00 bits per heavy atom. The van der Waals surface area contributed by atoms with Crippen LogP contribution >= 0.6 is 15.6 Å². The normalized spacial score (nSPS) is 11.4. The van der Waals surface area contributed by atoms with E-state index in [1.165, 1.54) is 0 Å².